The maximum Gasteiger partial charge on any atom is 0.200 e. The molecule has 0 radical (unpaired) electrons. The van der Waals surface area contributed by atoms with Gasteiger partial charge in [-0.2, -0.15) is 0 Å². The zero-order chi connectivity index (χ0) is 26.7. The highest BCUT2D eigenvalue weighted by atomic mass is 19.2. The van der Waals surface area contributed by atoms with Gasteiger partial charge < -0.3 is 5.32 Å². The summed E-state index contributed by atoms with van der Waals surface area (Å²) in [6.07, 6.45) is 11.2. The van der Waals surface area contributed by atoms with Crippen molar-refractivity contribution in [3.05, 3.63) is 58.2 Å². The summed E-state index contributed by atoms with van der Waals surface area (Å²) in [7, 11) is 0. The summed E-state index contributed by atoms with van der Waals surface area (Å²) >= 11 is 0. The van der Waals surface area contributed by atoms with E-state index in [9.17, 15) is 43.9 Å². The summed E-state index contributed by atoms with van der Waals surface area (Å²) in [5.41, 5.74) is -4.52. The number of rotatable bonds is 11. The van der Waals surface area contributed by atoms with Gasteiger partial charge in [0.15, 0.2) is 46.5 Å². The lowest BCUT2D eigenvalue weighted by atomic mass is 10.0. The highest BCUT2D eigenvalue weighted by Gasteiger charge is 2.34. The number of hydrogen-bond acceptors (Lipinski definition) is 1. The molecule has 0 aliphatic rings. The van der Waals surface area contributed by atoms with E-state index in [0.717, 1.165) is 0 Å². The standard InChI is InChI=1S/C12F10.C12H27N/c13-3-1(4(14)8(18)11(21)7(3)17)2-5(15)9(19)12(22)10(20)6(2)16;1-3-5-6-7-8-9-10-12-13-11-4-2/h;13H,3-12H2,1-2H3. The van der Waals surface area contributed by atoms with Crippen LogP contribution >= 0.6 is 0 Å². The smallest absolute Gasteiger partial charge is 0.200 e. The molecule has 11 heteroatoms. The minimum absolute atomic E-state index is 1.19. The van der Waals surface area contributed by atoms with Crippen LogP contribution in [-0.4, -0.2) is 13.1 Å². The Hall–Kier alpha value is -2.30. The predicted octanol–water partition coefficient (Wildman–Crippen LogP) is 8.48. The Morgan fingerprint density at radius 3 is 1.03 bits per heavy atom. The topological polar surface area (TPSA) is 12.0 Å². The maximum atomic E-state index is 13.4. The summed E-state index contributed by atoms with van der Waals surface area (Å²) < 4.78 is 131. The number of hydrogen-bond donors (Lipinski definition) is 1. The van der Waals surface area contributed by atoms with E-state index in [1.165, 1.54) is 64.5 Å². The van der Waals surface area contributed by atoms with Crippen LogP contribution in [0.3, 0.4) is 0 Å². The van der Waals surface area contributed by atoms with Crippen molar-refractivity contribution in [1.82, 2.24) is 5.32 Å². The van der Waals surface area contributed by atoms with Crippen molar-refractivity contribution in [3.63, 3.8) is 0 Å². The van der Waals surface area contributed by atoms with Crippen LogP contribution in [0.15, 0.2) is 0 Å². The molecule has 0 saturated heterocycles. The highest BCUT2D eigenvalue weighted by Crippen LogP contribution is 2.37. The molecule has 2 aromatic carbocycles. The summed E-state index contributed by atoms with van der Waals surface area (Å²) in [4.78, 5) is 0. The SMILES string of the molecule is CCCCCCCCCNCCC.Fc1c(F)c(F)c(-c2c(F)c(F)c(F)c(F)c2F)c(F)c1F. The molecule has 0 aliphatic carbocycles. The lowest BCUT2D eigenvalue weighted by Crippen LogP contribution is -2.15. The molecule has 0 aromatic heterocycles. The van der Waals surface area contributed by atoms with Crippen LogP contribution in [0.4, 0.5) is 43.9 Å². The van der Waals surface area contributed by atoms with E-state index in [4.69, 9.17) is 0 Å². The molecule has 0 atom stereocenters. The van der Waals surface area contributed by atoms with E-state index in [2.05, 4.69) is 19.2 Å². The summed E-state index contributed by atoms with van der Waals surface area (Å²) in [6, 6.07) is 0. The Morgan fingerprint density at radius 2 is 0.686 bits per heavy atom. The molecule has 0 spiro atoms. The monoisotopic (exact) mass is 519 g/mol. The van der Waals surface area contributed by atoms with Crippen LogP contribution < -0.4 is 5.32 Å². The normalized spacial score (nSPS) is 11.0. The van der Waals surface area contributed by atoms with Crippen LogP contribution in [-0.2, 0) is 0 Å². The summed E-state index contributed by atoms with van der Waals surface area (Å²) in [5.74, 6) is -26.6. The number of unbranched alkanes of at least 4 members (excludes halogenated alkanes) is 6. The largest absolute Gasteiger partial charge is 0.317 e. The van der Waals surface area contributed by atoms with E-state index < -0.39 is 69.3 Å². The molecular formula is C24H27F10N. The first-order chi connectivity index (χ1) is 16.5. The van der Waals surface area contributed by atoms with Crippen LogP contribution in [0.2, 0.25) is 0 Å². The molecule has 0 fully saturated rings. The Labute approximate surface area is 197 Å². The number of nitrogens with one attached hydrogen (secondary N) is 1. The molecular weight excluding hydrogens is 492 g/mol. The first-order valence-electron chi connectivity index (χ1n) is 11.3. The van der Waals surface area contributed by atoms with Crippen LogP contribution in [0.25, 0.3) is 11.1 Å². The predicted molar refractivity (Wildman–Crippen MR) is 113 cm³/mol. The molecule has 0 bridgehead atoms. The lowest BCUT2D eigenvalue weighted by Gasteiger charge is -2.11. The number of benzene rings is 2. The third-order valence-electron chi connectivity index (χ3n) is 5.05. The fourth-order valence-electron chi connectivity index (χ4n) is 3.16. The molecule has 198 valence electrons. The fourth-order valence-corrected chi connectivity index (χ4v) is 3.16. The van der Waals surface area contributed by atoms with Crippen LogP contribution in [0.5, 0.6) is 0 Å². The van der Waals surface area contributed by atoms with Gasteiger partial charge in [-0.05, 0) is 25.9 Å². The van der Waals surface area contributed by atoms with Gasteiger partial charge in [-0.15, -0.1) is 0 Å². The third kappa shape index (κ3) is 7.85. The second-order valence-electron chi connectivity index (χ2n) is 7.76. The number of halogens is 10. The van der Waals surface area contributed by atoms with Gasteiger partial charge in [-0.25, -0.2) is 43.9 Å². The zero-order valence-corrected chi connectivity index (χ0v) is 19.4. The molecule has 0 saturated carbocycles. The van der Waals surface area contributed by atoms with E-state index in [0.29, 0.717) is 0 Å². The maximum absolute atomic E-state index is 13.4. The first-order valence-corrected chi connectivity index (χ1v) is 11.3. The Balaban J connectivity index is 0.000000405. The van der Waals surface area contributed by atoms with E-state index >= 15 is 0 Å². The molecule has 2 aromatic rings. The molecule has 1 N–H and O–H groups in total. The van der Waals surface area contributed by atoms with E-state index in [1.54, 1.807) is 0 Å². The van der Waals surface area contributed by atoms with Crippen molar-refractivity contribution in [1.29, 1.82) is 0 Å². The molecule has 0 amide bonds. The highest BCUT2D eigenvalue weighted by molar-refractivity contribution is 5.67. The molecule has 2 rings (SSSR count). The van der Waals surface area contributed by atoms with Crippen molar-refractivity contribution in [3.8, 4) is 11.1 Å². The minimum Gasteiger partial charge on any atom is -0.317 e. The molecule has 0 heterocycles. The van der Waals surface area contributed by atoms with Gasteiger partial charge in [0.05, 0.1) is 11.1 Å². The van der Waals surface area contributed by atoms with Gasteiger partial charge in [0.25, 0.3) is 0 Å². The van der Waals surface area contributed by atoms with Gasteiger partial charge in [0.2, 0.25) is 11.6 Å². The van der Waals surface area contributed by atoms with Crippen molar-refractivity contribution >= 4 is 0 Å². The second-order valence-corrected chi connectivity index (χ2v) is 7.76. The van der Waals surface area contributed by atoms with Crippen LogP contribution in [0, 0.1) is 58.2 Å². The molecule has 0 unspecified atom stereocenters. The quantitative estimate of drug-likeness (QED) is 0.136. The zero-order valence-electron chi connectivity index (χ0n) is 19.4. The second kappa shape index (κ2) is 15.0. The minimum atomic E-state index is -2.68. The van der Waals surface area contributed by atoms with Crippen molar-refractivity contribution in [2.75, 3.05) is 13.1 Å². The Kier molecular flexibility index (Phi) is 13.1. The lowest BCUT2D eigenvalue weighted by molar-refractivity contribution is 0.370. The summed E-state index contributed by atoms with van der Waals surface area (Å²) in [5, 5.41) is 3.44. The van der Waals surface area contributed by atoms with Gasteiger partial charge in [-0.1, -0.05) is 52.4 Å². The van der Waals surface area contributed by atoms with Crippen LogP contribution in [0.1, 0.15) is 65.2 Å². The average molecular weight is 519 g/mol. The third-order valence-corrected chi connectivity index (χ3v) is 5.05. The molecule has 35 heavy (non-hydrogen) atoms. The van der Waals surface area contributed by atoms with Gasteiger partial charge >= 0.3 is 0 Å². The molecule has 1 nitrogen and oxygen atoms in total. The first kappa shape index (κ1) is 30.7. The van der Waals surface area contributed by atoms with Crippen molar-refractivity contribution < 1.29 is 43.9 Å². The Bertz CT molecular complexity index is 842. The fraction of sp³-hybridized carbons (Fsp3) is 0.500. The van der Waals surface area contributed by atoms with E-state index in [1.807, 2.05) is 0 Å². The molecule has 0 aliphatic heterocycles. The van der Waals surface area contributed by atoms with Gasteiger partial charge in [-0.3, -0.25) is 0 Å². The average Bonchev–Trinajstić information content (AvgIpc) is 2.85. The van der Waals surface area contributed by atoms with Gasteiger partial charge in [0.1, 0.15) is 0 Å². The Morgan fingerprint density at radius 1 is 0.371 bits per heavy atom. The van der Waals surface area contributed by atoms with Gasteiger partial charge in [0, 0.05) is 0 Å². The van der Waals surface area contributed by atoms with Crippen molar-refractivity contribution in [2.24, 2.45) is 0 Å². The van der Waals surface area contributed by atoms with E-state index in [-0.39, 0.29) is 0 Å². The summed E-state index contributed by atoms with van der Waals surface area (Å²) in [6.45, 7) is 6.91. The van der Waals surface area contributed by atoms with Crippen molar-refractivity contribution in [2.45, 2.75) is 65.2 Å².